The minimum absolute atomic E-state index is 0.175. The number of alkyl halides is 2. The molecule has 0 bridgehead atoms. The molecule has 0 fully saturated rings. The Labute approximate surface area is 118 Å². The summed E-state index contributed by atoms with van der Waals surface area (Å²) in [5.74, 6) is 0.816. The third kappa shape index (κ3) is 5.02. The van der Waals surface area contributed by atoms with Crippen LogP contribution in [-0.4, -0.2) is 37.8 Å². The minimum Gasteiger partial charge on any atom is -0.496 e. The number of nitrogens with zero attached hydrogens (tertiary/aromatic N) is 1. The molecule has 2 N–H and O–H groups in total. The number of rotatable bonds is 8. The van der Waals surface area contributed by atoms with E-state index < -0.39 is 13.0 Å². The number of hydrogen-bond donors (Lipinski definition) is 1. The van der Waals surface area contributed by atoms with Gasteiger partial charge in [-0.2, -0.15) is 0 Å². The Bertz CT molecular complexity index is 428. The Morgan fingerprint density at radius 1 is 1.35 bits per heavy atom. The summed E-state index contributed by atoms with van der Waals surface area (Å²) in [4.78, 5) is 4.36. The van der Waals surface area contributed by atoms with E-state index in [1.54, 1.807) is 13.3 Å². The molecule has 114 valence electrons. The molecular weight excluding hydrogens is 266 g/mol. The van der Waals surface area contributed by atoms with E-state index in [1.807, 2.05) is 13.8 Å². The summed E-state index contributed by atoms with van der Waals surface area (Å²) < 4.78 is 34.0. The van der Waals surface area contributed by atoms with Gasteiger partial charge < -0.3 is 15.2 Å². The lowest BCUT2D eigenvalue weighted by molar-refractivity contribution is 0.0152. The van der Waals surface area contributed by atoms with E-state index in [0.29, 0.717) is 12.8 Å². The molecule has 1 aromatic heterocycles. The molecule has 1 aromatic rings. The molecule has 1 unspecified atom stereocenters. The second-order valence-electron chi connectivity index (χ2n) is 4.77. The summed E-state index contributed by atoms with van der Waals surface area (Å²) in [5.41, 5.74) is 8.79. The quantitative estimate of drug-likeness (QED) is 0.745. The van der Waals surface area contributed by atoms with Gasteiger partial charge in [0.15, 0.2) is 0 Å². The van der Waals surface area contributed by atoms with Gasteiger partial charge in [-0.25, -0.2) is 8.78 Å². The van der Waals surface area contributed by atoms with Crippen LogP contribution < -0.4 is 10.5 Å². The van der Waals surface area contributed by atoms with Crippen LogP contribution in [0.15, 0.2) is 6.20 Å². The van der Waals surface area contributed by atoms with Gasteiger partial charge in [0.1, 0.15) is 12.4 Å². The zero-order chi connectivity index (χ0) is 15.1. The van der Waals surface area contributed by atoms with Crippen molar-refractivity contribution in [3.8, 4) is 5.75 Å². The Hall–Kier alpha value is -1.27. The first kappa shape index (κ1) is 16.8. The number of ether oxygens (including phenoxy) is 2. The van der Waals surface area contributed by atoms with Gasteiger partial charge in [-0.3, -0.25) is 4.98 Å². The van der Waals surface area contributed by atoms with Crippen molar-refractivity contribution >= 4 is 0 Å². The second-order valence-corrected chi connectivity index (χ2v) is 4.77. The monoisotopic (exact) mass is 288 g/mol. The first-order valence-electron chi connectivity index (χ1n) is 6.56. The fourth-order valence-corrected chi connectivity index (χ4v) is 2.03. The average molecular weight is 288 g/mol. The minimum atomic E-state index is -2.43. The van der Waals surface area contributed by atoms with E-state index in [0.717, 1.165) is 22.6 Å². The predicted molar refractivity (Wildman–Crippen MR) is 73.4 cm³/mol. The maximum atomic E-state index is 11.9. The van der Waals surface area contributed by atoms with Gasteiger partial charge in [0.25, 0.3) is 6.43 Å². The smallest absolute Gasteiger partial charge is 0.261 e. The molecule has 1 atom stereocenters. The Kier molecular flexibility index (Phi) is 6.81. The molecule has 1 heterocycles. The summed E-state index contributed by atoms with van der Waals surface area (Å²) in [6.45, 7) is 3.56. The van der Waals surface area contributed by atoms with Gasteiger partial charge in [-0.1, -0.05) is 0 Å². The topological polar surface area (TPSA) is 57.4 Å². The number of aryl methyl sites for hydroxylation is 1. The summed E-state index contributed by atoms with van der Waals surface area (Å²) in [7, 11) is 1.62. The van der Waals surface area contributed by atoms with E-state index in [1.165, 1.54) is 0 Å². The lowest BCUT2D eigenvalue weighted by atomic mass is 10.0. The zero-order valence-corrected chi connectivity index (χ0v) is 12.2. The summed E-state index contributed by atoms with van der Waals surface area (Å²) >= 11 is 0. The number of aromatic nitrogens is 1. The van der Waals surface area contributed by atoms with E-state index >= 15 is 0 Å². The maximum Gasteiger partial charge on any atom is 0.261 e. The molecule has 0 aliphatic heterocycles. The first-order chi connectivity index (χ1) is 9.45. The van der Waals surface area contributed by atoms with Crippen LogP contribution in [0.2, 0.25) is 0 Å². The molecule has 0 radical (unpaired) electrons. The SMILES string of the molecule is COc1c(C)cnc(CC(N)CCOCC(F)F)c1C. The van der Waals surface area contributed by atoms with Crippen LogP contribution in [0.4, 0.5) is 8.78 Å². The number of nitrogens with two attached hydrogens (primary N) is 1. The van der Waals surface area contributed by atoms with Crippen molar-refractivity contribution in [3.63, 3.8) is 0 Å². The van der Waals surface area contributed by atoms with Crippen LogP contribution in [0.5, 0.6) is 5.75 Å². The summed E-state index contributed by atoms with van der Waals surface area (Å²) in [6, 6.07) is -0.175. The molecule has 20 heavy (non-hydrogen) atoms. The van der Waals surface area contributed by atoms with E-state index in [2.05, 4.69) is 4.98 Å². The standard InChI is InChI=1S/C14H22F2N2O2/c1-9-7-18-12(10(2)14(9)19-3)6-11(17)4-5-20-8-13(15)16/h7,11,13H,4-6,8,17H2,1-3H3. The van der Waals surface area contributed by atoms with E-state index in [-0.39, 0.29) is 12.6 Å². The van der Waals surface area contributed by atoms with Gasteiger partial charge >= 0.3 is 0 Å². The van der Waals surface area contributed by atoms with Crippen LogP contribution in [0.3, 0.4) is 0 Å². The fourth-order valence-electron chi connectivity index (χ4n) is 2.03. The molecule has 0 saturated carbocycles. The molecule has 1 rings (SSSR count). The van der Waals surface area contributed by atoms with Crippen molar-refractivity contribution in [1.29, 1.82) is 0 Å². The van der Waals surface area contributed by atoms with E-state index in [4.69, 9.17) is 15.2 Å². The number of methoxy groups -OCH3 is 1. The highest BCUT2D eigenvalue weighted by Crippen LogP contribution is 2.24. The second kappa shape index (κ2) is 8.11. The Morgan fingerprint density at radius 2 is 2.05 bits per heavy atom. The molecule has 0 aliphatic rings. The lowest BCUT2D eigenvalue weighted by Gasteiger charge is -2.15. The van der Waals surface area contributed by atoms with Crippen molar-refractivity contribution in [2.24, 2.45) is 5.73 Å². The van der Waals surface area contributed by atoms with Gasteiger partial charge in [0, 0.05) is 42.1 Å². The molecule has 6 heteroatoms. The highest BCUT2D eigenvalue weighted by molar-refractivity contribution is 5.41. The average Bonchev–Trinajstić information content (AvgIpc) is 2.38. The van der Waals surface area contributed by atoms with Crippen LogP contribution >= 0.6 is 0 Å². The molecule has 0 aliphatic carbocycles. The van der Waals surface area contributed by atoms with Crippen LogP contribution in [0, 0.1) is 13.8 Å². The zero-order valence-electron chi connectivity index (χ0n) is 12.2. The van der Waals surface area contributed by atoms with Crippen molar-refractivity contribution in [3.05, 3.63) is 23.0 Å². The van der Waals surface area contributed by atoms with E-state index in [9.17, 15) is 8.78 Å². The number of pyridine rings is 1. The van der Waals surface area contributed by atoms with Crippen molar-refractivity contribution in [2.45, 2.75) is 39.2 Å². The Balaban J connectivity index is 2.52. The van der Waals surface area contributed by atoms with Gasteiger partial charge in [-0.15, -0.1) is 0 Å². The van der Waals surface area contributed by atoms with Crippen molar-refractivity contribution in [2.75, 3.05) is 20.3 Å². The maximum absolute atomic E-state index is 11.9. The lowest BCUT2D eigenvalue weighted by Crippen LogP contribution is -2.26. The summed E-state index contributed by atoms with van der Waals surface area (Å²) in [6.07, 6.45) is 0.405. The number of hydrogen-bond acceptors (Lipinski definition) is 4. The number of halogens is 2. The van der Waals surface area contributed by atoms with Crippen molar-refractivity contribution < 1.29 is 18.3 Å². The molecular formula is C14H22F2N2O2. The predicted octanol–water partition coefficient (Wildman–Crippen LogP) is 2.25. The highest BCUT2D eigenvalue weighted by Gasteiger charge is 2.13. The largest absolute Gasteiger partial charge is 0.496 e. The summed E-state index contributed by atoms with van der Waals surface area (Å²) in [5, 5.41) is 0. The molecule has 0 aromatic carbocycles. The molecule has 4 nitrogen and oxygen atoms in total. The third-order valence-electron chi connectivity index (χ3n) is 3.08. The van der Waals surface area contributed by atoms with Crippen LogP contribution in [-0.2, 0) is 11.2 Å². The fraction of sp³-hybridized carbons (Fsp3) is 0.643. The van der Waals surface area contributed by atoms with Gasteiger partial charge in [-0.05, 0) is 20.3 Å². The van der Waals surface area contributed by atoms with Gasteiger partial charge in [0.05, 0.1) is 7.11 Å². The molecule has 0 amide bonds. The van der Waals surface area contributed by atoms with Crippen molar-refractivity contribution in [1.82, 2.24) is 4.98 Å². The third-order valence-corrected chi connectivity index (χ3v) is 3.08. The normalized spacial score (nSPS) is 12.8. The molecule has 0 saturated heterocycles. The Morgan fingerprint density at radius 3 is 2.65 bits per heavy atom. The highest BCUT2D eigenvalue weighted by atomic mass is 19.3. The van der Waals surface area contributed by atoms with Crippen LogP contribution in [0.25, 0.3) is 0 Å². The van der Waals surface area contributed by atoms with Crippen LogP contribution in [0.1, 0.15) is 23.2 Å². The van der Waals surface area contributed by atoms with Gasteiger partial charge in [0.2, 0.25) is 0 Å². The first-order valence-corrected chi connectivity index (χ1v) is 6.56. The molecule has 0 spiro atoms.